The molecule has 4 rings (SSSR count). The van der Waals surface area contributed by atoms with Gasteiger partial charge in [-0.05, 0) is 55.4 Å². The van der Waals surface area contributed by atoms with Crippen LogP contribution < -0.4 is 5.32 Å². The highest BCUT2D eigenvalue weighted by atomic mass is 16.7. The summed E-state index contributed by atoms with van der Waals surface area (Å²) >= 11 is 0. The number of carbonyl (C=O) groups excluding carboxylic acids is 2. The molecule has 2 aliphatic rings. The number of oxime groups is 1. The van der Waals surface area contributed by atoms with Gasteiger partial charge in [-0.2, -0.15) is 0 Å². The lowest BCUT2D eigenvalue weighted by atomic mass is 9.90. The molecule has 0 saturated carbocycles. The largest absolute Gasteiger partial charge is 0.395 e. The number of piperidine rings is 1. The Kier molecular flexibility index (Phi) is 7.08. The molecule has 2 amide bonds. The Bertz CT molecular complexity index is 998. The van der Waals surface area contributed by atoms with Crippen LogP contribution in [0.5, 0.6) is 0 Å². The van der Waals surface area contributed by atoms with E-state index in [2.05, 4.69) is 34.7 Å². The van der Waals surface area contributed by atoms with E-state index in [0.717, 1.165) is 37.9 Å². The second kappa shape index (κ2) is 10.2. The van der Waals surface area contributed by atoms with E-state index < -0.39 is 5.60 Å². The number of carbonyl (C=O) groups is 2. The Morgan fingerprint density at radius 2 is 1.82 bits per heavy atom. The van der Waals surface area contributed by atoms with E-state index in [0.29, 0.717) is 23.6 Å². The summed E-state index contributed by atoms with van der Waals surface area (Å²) in [4.78, 5) is 32.6. The lowest BCUT2D eigenvalue weighted by molar-refractivity contribution is -0.141. The van der Waals surface area contributed by atoms with E-state index in [1.165, 1.54) is 5.56 Å². The predicted molar refractivity (Wildman–Crippen MR) is 126 cm³/mol. The lowest BCUT2D eigenvalue weighted by Gasteiger charge is -2.32. The average molecular weight is 450 g/mol. The molecule has 0 bridgehead atoms. The van der Waals surface area contributed by atoms with Gasteiger partial charge in [-0.1, -0.05) is 47.6 Å². The summed E-state index contributed by atoms with van der Waals surface area (Å²) < 4.78 is 0. The number of amides is 2. The number of hydrogen-bond acceptors (Lipinski definition) is 5. The third-order valence-electron chi connectivity index (χ3n) is 6.47. The lowest BCUT2D eigenvalue weighted by Crippen LogP contribution is -2.45. The number of hydrogen-bond donors (Lipinski definition) is 2. The third kappa shape index (κ3) is 5.42. The first-order chi connectivity index (χ1) is 16.0. The fourth-order valence-electron chi connectivity index (χ4n) is 4.45. The quantitative estimate of drug-likeness (QED) is 0.680. The Labute approximate surface area is 194 Å². The van der Waals surface area contributed by atoms with E-state index in [1.54, 1.807) is 6.92 Å². The van der Waals surface area contributed by atoms with Gasteiger partial charge in [0.05, 0.1) is 12.3 Å². The normalized spacial score (nSPS) is 20.8. The minimum absolute atomic E-state index is 0.0533. The molecule has 0 aliphatic carbocycles. The van der Waals surface area contributed by atoms with Crippen LogP contribution in [0.1, 0.15) is 47.7 Å². The first kappa shape index (κ1) is 23.0. The highest BCUT2D eigenvalue weighted by molar-refractivity contribution is 6.06. The Morgan fingerprint density at radius 3 is 2.48 bits per heavy atom. The van der Waals surface area contributed by atoms with Crippen molar-refractivity contribution in [3.63, 3.8) is 0 Å². The zero-order valence-electron chi connectivity index (χ0n) is 19.0. The van der Waals surface area contributed by atoms with Crippen molar-refractivity contribution in [1.29, 1.82) is 0 Å². The van der Waals surface area contributed by atoms with Gasteiger partial charge in [0.15, 0.2) is 0 Å². The van der Waals surface area contributed by atoms with Gasteiger partial charge in [0.1, 0.15) is 0 Å². The van der Waals surface area contributed by atoms with Gasteiger partial charge in [-0.25, -0.2) is 0 Å². The average Bonchev–Trinajstić information content (AvgIpc) is 3.26. The summed E-state index contributed by atoms with van der Waals surface area (Å²) in [5.74, 6) is 0.360. The number of rotatable bonds is 7. The number of nitrogens with one attached hydrogen (secondary N) is 1. The summed E-state index contributed by atoms with van der Waals surface area (Å²) in [5, 5.41) is 15.6. The van der Waals surface area contributed by atoms with Crippen molar-refractivity contribution in [2.24, 2.45) is 11.1 Å². The monoisotopic (exact) mass is 449 g/mol. The maximum absolute atomic E-state index is 13.0. The van der Waals surface area contributed by atoms with E-state index in [9.17, 15) is 9.59 Å². The number of likely N-dealkylation sites (tertiary alicyclic amines) is 1. The van der Waals surface area contributed by atoms with E-state index in [4.69, 9.17) is 9.94 Å². The van der Waals surface area contributed by atoms with Crippen LogP contribution in [0.2, 0.25) is 0 Å². The van der Waals surface area contributed by atoms with Crippen LogP contribution in [0.3, 0.4) is 0 Å². The molecule has 0 aromatic heterocycles. The molecule has 1 unspecified atom stereocenters. The summed E-state index contributed by atoms with van der Waals surface area (Å²) in [6, 6.07) is 17.9. The topological polar surface area (TPSA) is 91.2 Å². The molecule has 2 heterocycles. The molecule has 7 heteroatoms. The Hall–Kier alpha value is -3.19. The summed E-state index contributed by atoms with van der Waals surface area (Å²) in [5.41, 5.74) is 2.41. The van der Waals surface area contributed by atoms with Gasteiger partial charge in [0.2, 0.25) is 5.60 Å². The highest BCUT2D eigenvalue weighted by Gasteiger charge is 2.42. The van der Waals surface area contributed by atoms with Crippen LogP contribution in [-0.2, 0) is 16.1 Å². The van der Waals surface area contributed by atoms with Gasteiger partial charge in [0.25, 0.3) is 11.8 Å². The fraction of sp³-hybridized carbons (Fsp3) is 0.423. The van der Waals surface area contributed by atoms with E-state index in [-0.39, 0.29) is 25.0 Å². The van der Waals surface area contributed by atoms with Crippen LogP contribution in [-0.4, -0.2) is 59.4 Å². The Morgan fingerprint density at radius 1 is 1.12 bits per heavy atom. The van der Waals surface area contributed by atoms with Crippen LogP contribution in [0.15, 0.2) is 59.8 Å². The highest BCUT2D eigenvalue weighted by Crippen LogP contribution is 2.27. The first-order valence-electron chi connectivity index (χ1n) is 11.6. The van der Waals surface area contributed by atoms with Crippen molar-refractivity contribution in [3.05, 3.63) is 71.3 Å². The number of benzene rings is 2. The minimum Gasteiger partial charge on any atom is -0.395 e. The SMILES string of the molecule is CC1(C(=O)NCCO)CC(c2ccc(C(=O)N3CCC(Cc4ccccc4)CC3)cc2)=NO1. The fourth-order valence-corrected chi connectivity index (χ4v) is 4.45. The molecule has 2 N–H and O–H groups in total. The van der Waals surface area contributed by atoms with Crippen LogP contribution in [0.25, 0.3) is 0 Å². The molecule has 33 heavy (non-hydrogen) atoms. The van der Waals surface area contributed by atoms with Crippen molar-refractivity contribution in [3.8, 4) is 0 Å². The number of aliphatic hydroxyl groups excluding tert-OH is 1. The van der Waals surface area contributed by atoms with E-state index >= 15 is 0 Å². The molecule has 2 aromatic carbocycles. The standard InChI is InChI=1S/C26H31N3O4/c1-26(25(32)27-13-16-30)18-23(28-33-26)21-7-9-22(10-8-21)24(31)29-14-11-20(12-15-29)17-19-5-3-2-4-6-19/h2-10,20,30H,11-18H2,1H3,(H,27,32). The summed E-state index contributed by atoms with van der Waals surface area (Å²) in [7, 11) is 0. The molecule has 1 fully saturated rings. The smallest absolute Gasteiger partial charge is 0.267 e. The maximum Gasteiger partial charge on any atom is 0.267 e. The zero-order valence-corrected chi connectivity index (χ0v) is 19.0. The second-order valence-electron chi connectivity index (χ2n) is 9.02. The molecule has 174 valence electrons. The third-order valence-corrected chi connectivity index (χ3v) is 6.47. The van der Waals surface area contributed by atoms with Gasteiger partial charge < -0.3 is 20.2 Å². The summed E-state index contributed by atoms with van der Waals surface area (Å²) in [6.45, 7) is 3.28. The molecular formula is C26H31N3O4. The van der Waals surface area contributed by atoms with Crippen LogP contribution in [0, 0.1) is 5.92 Å². The molecule has 0 radical (unpaired) electrons. The molecule has 2 aromatic rings. The second-order valence-corrected chi connectivity index (χ2v) is 9.02. The van der Waals surface area contributed by atoms with Crippen molar-refractivity contribution >= 4 is 17.5 Å². The number of aliphatic hydroxyl groups is 1. The molecule has 1 saturated heterocycles. The summed E-state index contributed by atoms with van der Waals surface area (Å²) in [6.07, 6.45) is 3.43. The zero-order chi connectivity index (χ0) is 23.3. The van der Waals surface area contributed by atoms with Crippen LogP contribution >= 0.6 is 0 Å². The minimum atomic E-state index is -1.09. The van der Waals surface area contributed by atoms with Gasteiger partial charge in [0, 0.05) is 31.6 Å². The van der Waals surface area contributed by atoms with Crippen molar-refractivity contribution < 1.29 is 19.5 Å². The van der Waals surface area contributed by atoms with Crippen molar-refractivity contribution in [2.75, 3.05) is 26.2 Å². The molecule has 7 nitrogen and oxygen atoms in total. The first-order valence-corrected chi connectivity index (χ1v) is 11.6. The Balaban J connectivity index is 1.30. The van der Waals surface area contributed by atoms with Gasteiger partial charge in [-0.3, -0.25) is 9.59 Å². The molecule has 1 atom stereocenters. The number of nitrogens with zero attached hydrogens (tertiary/aromatic N) is 2. The van der Waals surface area contributed by atoms with Crippen molar-refractivity contribution in [2.45, 2.75) is 38.2 Å². The maximum atomic E-state index is 13.0. The molecular weight excluding hydrogens is 418 g/mol. The molecule has 0 spiro atoms. The predicted octanol–water partition coefficient (Wildman–Crippen LogP) is 2.77. The van der Waals surface area contributed by atoms with Crippen molar-refractivity contribution in [1.82, 2.24) is 10.2 Å². The van der Waals surface area contributed by atoms with Crippen LogP contribution in [0.4, 0.5) is 0 Å². The van der Waals surface area contributed by atoms with Gasteiger partial charge in [-0.15, -0.1) is 0 Å². The molecule has 2 aliphatic heterocycles. The van der Waals surface area contributed by atoms with E-state index in [1.807, 2.05) is 35.2 Å². The van der Waals surface area contributed by atoms with Gasteiger partial charge >= 0.3 is 0 Å².